The first-order chi connectivity index (χ1) is 13.3. The Morgan fingerprint density at radius 3 is 3.00 bits per heavy atom. The highest BCUT2D eigenvalue weighted by molar-refractivity contribution is 5.79. The SMILES string of the molecule is O=C(NCc1ccccc1-n1cncn1)[C@H]1CCCN(Cc2ccco2)C1. The van der Waals surface area contributed by atoms with Crippen molar-refractivity contribution in [3.8, 4) is 5.69 Å². The van der Waals surface area contributed by atoms with Gasteiger partial charge in [-0.05, 0) is 43.1 Å². The molecule has 2 aromatic heterocycles. The van der Waals surface area contributed by atoms with Crippen LogP contribution in [0.4, 0.5) is 0 Å². The van der Waals surface area contributed by atoms with Crippen LogP contribution in [0.3, 0.4) is 0 Å². The Labute approximate surface area is 158 Å². The molecule has 3 heterocycles. The normalized spacial score (nSPS) is 17.7. The van der Waals surface area contributed by atoms with Gasteiger partial charge in [-0.3, -0.25) is 9.69 Å². The van der Waals surface area contributed by atoms with Crippen molar-refractivity contribution >= 4 is 5.91 Å². The van der Waals surface area contributed by atoms with Gasteiger partial charge in [-0.2, -0.15) is 5.10 Å². The number of para-hydroxylation sites is 1. The molecular formula is C20H23N5O2. The highest BCUT2D eigenvalue weighted by Crippen LogP contribution is 2.20. The number of nitrogens with zero attached hydrogens (tertiary/aromatic N) is 4. The van der Waals surface area contributed by atoms with Gasteiger partial charge in [0.25, 0.3) is 0 Å². The number of furan rings is 1. The lowest BCUT2D eigenvalue weighted by Crippen LogP contribution is -2.42. The lowest BCUT2D eigenvalue weighted by Gasteiger charge is -2.31. The van der Waals surface area contributed by atoms with Crippen LogP contribution in [0.15, 0.2) is 59.7 Å². The van der Waals surface area contributed by atoms with Crippen molar-refractivity contribution < 1.29 is 9.21 Å². The van der Waals surface area contributed by atoms with Gasteiger partial charge in [0.15, 0.2) is 0 Å². The summed E-state index contributed by atoms with van der Waals surface area (Å²) in [4.78, 5) is 19.0. The molecule has 7 nitrogen and oxygen atoms in total. The molecule has 7 heteroatoms. The molecule has 27 heavy (non-hydrogen) atoms. The molecule has 1 aromatic carbocycles. The average Bonchev–Trinajstić information content (AvgIpc) is 3.41. The molecule has 1 atom stereocenters. The van der Waals surface area contributed by atoms with E-state index in [0.717, 1.165) is 49.5 Å². The zero-order valence-electron chi connectivity index (χ0n) is 15.1. The predicted octanol–water partition coefficient (Wildman–Crippen LogP) is 2.39. The van der Waals surface area contributed by atoms with Gasteiger partial charge < -0.3 is 9.73 Å². The average molecular weight is 365 g/mol. The third-order valence-corrected chi connectivity index (χ3v) is 4.95. The first kappa shape index (κ1) is 17.5. The number of carbonyl (C=O) groups is 1. The van der Waals surface area contributed by atoms with Crippen LogP contribution in [0.5, 0.6) is 0 Å². The molecule has 0 bridgehead atoms. The topological polar surface area (TPSA) is 76.2 Å². The summed E-state index contributed by atoms with van der Waals surface area (Å²) in [6.45, 7) is 2.99. The summed E-state index contributed by atoms with van der Waals surface area (Å²) in [6, 6.07) is 11.8. The van der Waals surface area contributed by atoms with Gasteiger partial charge in [-0.25, -0.2) is 9.67 Å². The first-order valence-corrected chi connectivity index (χ1v) is 9.25. The standard InChI is InChI=1S/C20H23N5O2/c26-20(17-6-3-9-24(12-17)13-18-7-4-10-27-18)22-11-16-5-1-2-8-19(16)25-15-21-14-23-25/h1-2,4-5,7-8,10,14-15,17H,3,6,9,11-13H2,(H,22,26)/t17-/m0/s1. The van der Waals surface area contributed by atoms with Crippen LogP contribution in [0.2, 0.25) is 0 Å². The zero-order chi connectivity index (χ0) is 18.5. The van der Waals surface area contributed by atoms with E-state index in [9.17, 15) is 4.79 Å². The molecule has 1 saturated heterocycles. The Hall–Kier alpha value is -2.93. The van der Waals surface area contributed by atoms with Gasteiger partial charge in [-0.15, -0.1) is 0 Å². The first-order valence-electron chi connectivity index (χ1n) is 9.25. The Balaban J connectivity index is 1.36. The molecule has 1 N–H and O–H groups in total. The quantitative estimate of drug-likeness (QED) is 0.726. The summed E-state index contributed by atoms with van der Waals surface area (Å²) < 4.78 is 7.15. The van der Waals surface area contributed by atoms with Gasteiger partial charge in [0.05, 0.1) is 24.4 Å². The van der Waals surface area contributed by atoms with Crippen LogP contribution in [0.1, 0.15) is 24.2 Å². The van der Waals surface area contributed by atoms with Crippen LogP contribution in [-0.4, -0.2) is 38.7 Å². The van der Waals surface area contributed by atoms with E-state index in [4.69, 9.17) is 4.42 Å². The lowest BCUT2D eigenvalue weighted by atomic mass is 9.97. The minimum absolute atomic E-state index is 0.00671. The van der Waals surface area contributed by atoms with Crippen molar-refractivity contribution in [2.24, 2.45) is 5.92 Å². The van der Waals surface area contributed by atoms with Crippen molar-refractivity contribution in [1.82, 2.24) is 25.0 Å². The maximum absolute atomic E-state index is 12.7. The highest BCUT2D eigenvalue weighted by atomic mass is 16.3. The molecule has 0 radical (unpaired) electrons. The third kappa shape index (κ3) is 4.25. The fourth-order valence-corrected chi connectivity index (χ4v) is 3.58. The van der Waals surface area contributed by atoms with Crippen LogP contribution in [0.25, 0.3) is 5.69 Å². The zero-order valence-corrected chi connectivity index (χ0v) is 15.1. The molecule has 1 amide bonds. The summed E-state index contributed by atoms with van der Waals surface area (Å²) in [5, 5.41) is 7.29. The molecule has 1 aliphatic rings. The number of rotatable bonds is 6. The van der Waals surface area contributed by atoms with E-state index < -0.39 is 0 Å². The summed E-state index contributed by atoms with van der Waals surface area (Å²) >= 11 is 0. The number of amides is 1. The van der Waals surface area contributed by atoms with E-state index in [1.807, 2.05) is 36.4 Å². The van der Waals surface area contributed by atoms with Gasteiger partial charge in [-0.1, -0.05) is 18.2 Å². The van der Waals surface area contributed by atoms with Crippen LogP contribution >= 0.6 is 0 Å². The van der Waals surface area contributed by atoms with Crippen molar-refractivity contribution in [3.05, 3.63) is 66.6 Å². The summed E-state index contributed by atoms with van der Waals surface area (Å²) in [5.74, 6) is 1.05. The van der Waals surface area contributed by atoms with E-state index >= 15 is 0 Å². The molecule has 1 fully saturated rings. The second kappa shape index (κ2) is 8.18. The van der Waals surface area contributed by atoms with Crippen LogP contribution in [-0.2, 0) is 17.9 Å². The molecule has 0 spiro atoms. The second-order valence-corrected chi connectivity index (χ2v) is 6.84. The van der Waals surface area contributed by atoms with E-state index in [-0.39, 0.29) is 11.8 Å². The monoisotopic (exact) mass is 365 g/mol. The third-order valence-electron chi connectivity index (χ3n) is 4.95. The molecule has 3 aromatic rings. The Kier molecular flexibility index (Phi) is 5.29. The number of nitrogens with one attached hydrogen (secondary N) is 1. The number of piperidine rings is 1. The minimum atomic E-state index is 0.00671. The van der Waals surface area contributed by atoms with E-state index in [1.165, 1.54) is 6.33 Å². The Bertz CT molecular complexity index is 860. The molecular weight excluding hydrogens is 342 g/mol. The summed E-state index contributed by atoms with van der Waals surface area (Å²) in [7, 11) is 0. The number of benzene rings is 1. The molecule has 0 aliphatic carbocycles. The minimum Gasteiger partial charge on any atom is -0.468 e. The number of likely N-dealkylation sites (tertiary alicyclic amines) is 1. The molecule has 140 valence electrons. The summed E-state index contributed by atoms with van der Waals surface area (Å²) in [5.41, 5.74) is 1.94. The molecule has 4 rings (SSSR count). The maximum Gasteiger partial charge on any atom is 0.224 e. The number of hydrogen-bond donors (Lipinski definition) is 1. The lowest BCUT2D eigenvalue weighted by molar-refractivity contribution is -0.127. The predicted molar refractivity (Wildman–Crippen MR) is 99.9 cm³/mol. The fraction of sp³-hybridized carbons (Fsp3) is 0.350. The van der Waals surface area contributed by atoms with Crippen molar-refractivity contribution in [2.75, 3.05) is 13.1 Å². The van der Waals surface area contributed by atoms with Gasteiger partial charge in [0.2, 0.25) is 5.91 Å². The smallest absolute Gasteiger partial charge is 0.224 e. The number of aromatic nitrogens is 3. The largest absolute Gasteiger partial charge is 0.468 e. The van der Waals surface area contributed by atoms with Crippen molar-refractivity contribution in [2.45, 2.75) is 25.9 Å². The van der Waals surface area contributed by atoms with Gasteiger partial charge in [0, 0.05) is 13.1 Å². The fourth-order valence-electron chi connectivity index (χ4n) is 3.58. The van der Waals surface area contributed by atoms with Crippen molar-refractivity contribution in [1.29, 1.82) is 0 Å². The van der Waals surface area contributed by atoms with E-state index in [1.54, 1.807) is 17.3 Å². The van der Waals surface area contributed by atoms with E-state index in [0.29, 0.717) is 6.54 Å². The number of hydrogen-bond acceptors (Lipinski definition) is 5. The van der Waals surface area contributed by atoms with Gasteiger partial charge >= 0.3 is 0 Å². The molecule has 1 aliphatic heterocycles. The van der Waals surface area contributed by atoms with Crippen molar-refractivity contribution in [3.63, 3.8) is 0 Å². The molecule has 0 saturated carbocycles. The number of carbonyl (C=O) groups excluding carboxylic acids is 1. The highest BCUT2D eigenvalue weighted by Gasteiger charge is 2.26. The van der Waals surface area contributed by atoms with Gasteiger partial charge in [0.1, 0.15) is 18.4 Å². The molecule has 0 unspecified atom stereocenters. The maximum atomic E-state index is 12.7. The Morgan fingerprint density at radius 2 is 2.19 bits per heavy atom. The van der Waals surface area contributed by atoms with Crippen LogP contribution in [0, 0.1) is 5.92 Å². The second-order valence-electron chi connectivity index (χ2n) is 6.84. The summed E-state index contributed by atoms with van der Waals surface area (Å²) in [6.07, 6.45) is 6.80. The van der Waals surface area contributed by atoms with Crippen LogP contribution < -0.4 is 5.32 Å². The Morgan fingerprint density at radius 1 is 1.26 bits per heavy atom. The van der Waals surface area contributed by atoms with E-state index in [2.05, 4.69) is 20.3 Å².